The summed E-state index contributed by atoms with van der Waals surface area (Å²) >= 11 is 1.81. The van der Waals surface area contributed by atoms with Crippen LogP contribution in [0.15, 0.2) is 156 Å². The summed E-state index contributed by atoms with van der Waals surface area (Å²) < 4.78 is 4.78. The van der Waals surface area contributed by atoms with E-state index in [2.05, 4.69) is 149 Å². The van der Waals surface area contributed by atoms with Crippen molar-refractivity contribution in [2.24, 2.45) is 9.98 Å². The van der Waals surface area contributed by atoms with E-state index in [-0.39, 0.29) is 6.17 Å². The third kappa shape index (κ3) is 4.05. The van der Waals surface area contributed by atoms with Crippen LogP contribution in [0.5, 0.6) is 0 Å². The Labute approximate surface area is 258 Å². The van der Waals surface area contributed by atoms with E-state index in [0.717, 1.165) is 34.0 Å². The Bertz CT molecular complexity index is 2420. The number of nitrogens with one attached hydrogen (secondary N) is 1. The van der Waals surface area contributed by atoms with Crippen LogP contribution >= 0.6 is 11.3 Å². The monoisotopic (exact) mass is 582 g/mol. The second-order valence-corrected chi connectivity index (χ2v) is 12.2. The maximum absolute atomic E-state index is 5.23. The number of thiophene rings is 1. The van der Waals surface area contributed by atoms with Gasteiger partial charge in [-0.1, -0.05) is 115 Å². The van der Waals surface area contributed by atoms with Gasteiger partial charge in [0.05, 0.1) is 11.0 Å². The fourth-order valence-electron chi connectivity index (χ4n) is 6.36. The number of fused-ring (bicyclic) bond motifs is 6. The third-order valence-corrected chi connectivity index (χ3v) is 9.61. The second kappa shape index (κ2) is 10.0. The zero-order valence-corrected chi connectivity index (χ0v) is 24.5. The van der Waals surface area contributed by atoms with Crippen molar-refractivity contribution in [2.45, 2.75) is 6.17 Å². The van der Waals surface area contributed by atoms with Crippen molar-refractivity contribution in [3.05, 3.63) is 157 Å². The minimum atomic E-state index is -0.281. The molecular formula is C39H26N4S. The van der Waals surface area contributed by atoms with Gasteiger partial charge >= 0.3 is 0 Å². The SMILES string of the molecule is c1ccc(-c2ccc3c(c2)c2ccccc2n3C2=NC(c3ccc4c(c3)sc3ccccc34)=NC(c3ccccc3)N2)cc1. The number of para-hydroxylation sites is 1. The molecule has 1 N–H and O–H groups in total. The Balaban J connectivity index is 1.25. The lowest BCUT2D eigenvalue weighted by molar-refractivity contribution is 0.661. The van der Waals surface area contributed by atoms with Gasteiger partial charge in [0.15, 0.2) is 5.84 Å². The number of amidine groups is 1. The highest BCUT2D eigenvalue weighted by Crippen LogP contribution is 2.36. The van der Waals surface area contributed by atoms with Gasteiger partial charge in [-0.2, -0.15) is 4.99 Å². The average molecular weight is 583 g/mol. The molecule has 4 nitrogen and oxygen atoms in total. The lowest BCUT2D eigenvalue weighted by Gasteiger charge is -2.24. The molecule has 0 spiro atoms. The van der Waals surface area contributed by atoms with E-state index in [4.69, 9.17) is 9.98 Å². The van der Waals surface area contributed by atoms with Crippen molar-refractivity contribution in [2.75, 3.05) is 0 Å². The van der Waals surface area contributed by atoms with Crippen LogP contribution in [0.3, 0.4) is 0 Å². The fraction of sp³-hybridized carbons (Fsp3) is 0.0256. The molecule has 6 aromatic carbocycles. The van der Waals surface area contributed by atoms with Crippen molar-refractivity contribution in [1.29, 1.82) is 0 Å². The predicted octanol–water partition coefficient (Wildman–Crippen LogP) is 9.78. The Kier molecular flexibility index (Phi) is 5.71. The summed E-state index contributed by atoms with van der Waals surface area (Å²) in [6, 6.07) is 51.5. The summed E-state index contributed by atoms with van der Waals surface area (Å²) in [7, 11) is 0. The number of aliphatic imine (C=N–C) groups is 2. The number of aromatic nitrogens is 1. The van der Waals surface area contributed by atoms with E-state index < -0.39 is 0 Å². The highest BCUT2D eigenvalue weighted by molar-refractivity contribution is 7.25. The quantitative estimate of drug-likeness (QED) is 0.221. The molecule has 0 fully saturated rings. The number of nitrogens with zero attached hydrogens (tertiary/aromatic N) is 3. The second-order valence-electron chi connectivity index (χ2n) is 11.1. The van der Waals surface area contributed by atoms with Crippen LogP contribution in [0.4, 0.5) is 0 Å². The number of rotatable bonds is 3. The van der Waals surface area contributed by atoms with Gasteiger partial charge < -0.3 is 5.32 Å². The molecule has 1 unspecified atom stereocenters. The van der Waals surface area contributed by atoms with E-state index in [1.807, 2.05) is 17.4 Å². The van der Waals surface area contributed by atoms with Crippen molar-refractivity contribution in [3.8, 4) is 11.1 Å². The van der Waals surface area contributed by atoms with E-state index in [0.29, 0.717) is 0 Å². The van der Waals surface area contributed by atoms with Crippen LogP contribution in [-0.4, -0.2) is 16.4 Å². The zero-order chi connectivity index (χ0) is 29.0. The summed E-state index contributed by atoms with van der Waals surface area (Å²) in [5.74, 6) is 1.48. The maximum atomic E-state index is 5.23. The van der Waals surface area contributed by atoms with Crippen molar-refractivity contribution in [1.82, 2.24) is 9.88 Å². The minimum Gasteiger partial charge on any atom is -0.330 e. The topological polar surface area (TPSA) is 41.7 Å². The third-order valence-electron chi connectivity index (χ3n) is 8.47. The summed E-state index contributed by atoms with van der Waals surface area (Å²) in [4.78, 5) is 10.4. The molecule has 8 aromatic rings. The largest absolute Gasteiger partial charge is 0.330 e. The molecule has 3 heterocycles. The molecule has 1 aliphatic heterocycles. The first-order chi connectivity index (χ1) is 21.8. The number of hydrogen-bond acceptors (Lipinski definition) is 4. The van der Waals surface area contributed by atoms with Crippen LogP contribution in [0.25, 0.3) is 53.1 Å². The molecule has 1 aliphatic rings. The van der Waals surface area contributed by atoms with Crippen LogP contribution in [0.1, 0.15) is 17.3 Å². The molecule has 44 heavy (non-hydrogen) atoms. The van der Waals surface area contributed by atoms with Crippen LogP contribution in [0.2, 0.25) is 0 Å². The molecule has 0 amide bonds. The smallest absolute Gasteiger partial charge is 0.211 e. The molecule has 5 heteroatoms. The van der Waals surface area contributed by atoms with Gasteiger partial charge in [0.1, 0.15) is 6.17 Å². The summed E-state index contributed by atoms with van der Waals surface area (Å²) in [5.41, 5.74) is 6.70. The minimum absolute atomic E-state index is 0.281. The van der Waals surface area contributed by atoms with E-state index in [9.17, 15) is 0 Å². The lowest BCUT2D eigenvalue weighted by Crippen LogP contribution is -2.37. The fourth-order valence-corrected chi connectivity index (χ4v) is 7.51. The van der Waals surface area contributed by atoms with Crippen molar-refractivity contribution < 1.29 is 0 Å². The molecule has 2 aromatic heterocycles. The highest BCUT2D eigenvalue weighted by atomic mass is 32.1. The Morgan fingerprint density at radius 1 is 0.523 bits per heavy atom. The van der Waals surface area contributed by atoms with Gasteiger partial charge in [-0.3, -0.25) is 4.57 Å². The van der Waals surface area contributed by atoms with Crippen LogP contribution < -0.4 is 5.32 Å². The van der Waals surface area contributed by atoms with Gasteiger partial charge in [0, 0.05) is 36.5 Å². The standard InChI is InChI=1S/C39H26N4S/c1-3-11-25(12-4-1)27-20-22-34-32(23-27)29-15-7-9-17-33(29)43(34)39-41-37(26-13-5-2-6-14-26)40-38(42-39)28-19-21-31-30-16-8-10-18-35(30)44-36(31)24-28/h1-24,37H,(H,40,41,42). The predicted molar refractivity (Wildman–Crippen MR) is 186 cm³/mol. The molecule has 9 rings (SSSR count). The molecule has 0 saturated heterocycles. The van der Waals surface area contributed by atoms with Gasteiger partial charge in [-0.25, -0.2) is 4.99 Å². The Morgan fingerprint density at radius 2 is 1.20 bits per heavy atom. The van der Waals surface area contributed by atoms with Crippen LogP contribution in [0, 0.1) is 0 Å². The first-order valence-electron chi connectivity index (χ1n) is 14.8. The average Bonchev–Trinajstić information content (AvgIpc) is 3.64. The van der Waals surface area contributed by atoms with E-state index in [1.165, 1.54) is 42.1 Å². The summed E-state index contributed by atoms with van der Waals surface area (Å²) in [6.45, 7) is 0. The zero-order valence-electron chi connectivity index (χ0n) is 23.7. The van der Waals surface area contributed by atoms with Crippen molar-refractivity contribution >= 4 is 65.1 Å². The Hall–Kier alpha value is -5.52. The first kappa shape index (κ1) is 25.0. The molecule has 0 aliphatic carbocycles. The van der Waals surface area contributed by atoms with Crippen LogP contribution in [-0.2, 0) is 0 Å². The normalized spacial score (nSPS) is 15.0. The number of benzene rings is 6. The molecule has 0 radical (unpaired) electrons. The van der Waals surface area contributed by atoms with Gasteiger partial charge in [-0.05, 0) is 47.0 Å². The van der Waals surface area contributed by atoms with Crippen molar-refractivity contribution in [3.63, 3.8) is 0 Å². The highest BCUT2D eigenvalue weighted by Gasteiger charge is 2.24. The van der Waals surface area contributed by atoms with E-state index in [1.54, 1.807) is 0 Å². The maximum Gasteiger partial charge on any atom is 0.211 e. The van der Waals surface area contributed by atoms with Gasteiger partial charge in [-0.15, -0.1) is 11.3 Å². The molecule has 0 saturated carbocycles. The summed E-state index contributed by atoms with van der Waals surface area (Å²) in [5, 5.41) is 8.63. The van der Waals surface area contributed by atoms with Gasteiger partial charge in [0.25, 0.3) is 0 Å². The molecule has 1 atom stereocenters. The lowest BCUT2D eigenvalue weighted by atomic mass is 10.0. The Morgan fingerprint density at radius 3 is 2.07 bits per heavy atom. The van der Waals surface area contributed by atoms with E-state index >= 15 is 0 Å². The first-order valence-corrected chi connectivity index (χ1v) is 15.6. The number of hydrogen-bond donors (Lipinski definition) is 1. The van der Waals surface area contributed by atoms with Gasteiger partial charge in [0.2, 0.25) is 5.96 Å². The molecule has 0 bridgehead atoms. The molecular weight excluding hydrogens is 557 g/mol. The molecule has 208 valence electrons. The summed E-state index contributed by atoms with van der Waals surface area (Å²) in [6.07, 6.45) is -0.281.